The van der Waals surface area contributed by atoms with E-state index in [0.29, 0.717) is 11.7 Å². The molecule has 5 heteroatoms. The van der Waals surface area contributed by atoms with Gasteiger partial charge in [-0.15, -0.1) is 0 Å². The molecule has 0 bridgehead atoms. The Balaban J connectivity index is 1.77. The van der Waals surface area contributed by atoms with E-state index >= 15 is 0 Å². The molecule has 0 unspecified atom stereocenters. The number of rotatable bonds is 5. The molecule has 0 radical (unpaired) electrons. The summed E-state index contributed by atoms with van der Waals surface area (Å²) in [5, 5.41) is 7.80. The Hall–Kier alpha value is -3.08. The molecule has 3 aromatic rings. The van der Waals surface area contributed by atoms with E-state index in [1.54, 1.807) is 11.8 Å². The lowest BCUT2D eigenvalue weighted by atomic mass is 10.0. The van der Waals surface area contributed by atoms with Crippen molar-refractivity contribution < 1.29 is 9.53 Å². The van der Waals surface area contributed by atoms with Crippen LogP contribution in [0.25, 0.3) is 16.9 Å². The number of hydrogen-bond donors (Lipinski definition) is 1. The lowest BCUT2D eigenvalue weighted by Gasteiger charge is -2.08. The molecule has 1 N–H and O–H groups in total. The third-order valence-corrected chi connectivity index (χ3v) is 4.97. The summed E-state index contributed by atoms with van der Waals surface area (Å²) in [7, 11) is 1.63. The number of nitrogens with zero attached hydrogens (tertiary/aromatic N) is 2. The van der Waals surface area contributed by atoms with E-state index < -0.39 is 0 Å². The maximum Gasteiger partial charge on any atom is 0.270 e. The molecule has 0 aliphatic heterocycles. The molecule has 1 aliphatic rings. The Bertz CT molecular complexity index is 985. The van der Waals surface area contributed by atoms with E-state index in [-0.39, 0.29) is 5.91 Å². The van der Waals surface area contributed by atoms with Crippen molar-refractivity contribution in [2.75, 3.05) is 7.11 Å². The number of aromatic nitrogens is 2. The van der Waals surface area contributed by atoms with E-state index in [2.05, 4.69) is 31.3 Å². The fourth-order valence-corrected chi connectivity index (χ4v) is 2.99. The topological polar surface area (TPSA) is 56.2 Å². The molecule has 27 heavy (non-hydrogen) atoms. The highest BCUT2D eigenvalue weighted by Crippen LogP contribution is 2.26. The second-order valence-electron chi connectivity index (χ2n) is 7.07. The molecule has 5 nitrogen and oxygen atoms in total. The van der Waals surface area contributed by atoms with Crippen molar-refractivity contribution in [2.45, 2.75) is 32.7 Å². The van der Waals surface area contributed by atoms with Crippen LogP contribution in [0.5, 0.6) is 5.75 Å². The summed E-state index contributed by atoms with van der Waals surface area (Å²) in [4.78, 5) is 12.8. The van der Waals surface area contributed by atoms with Gasteiger partial charge in [-0.2, -0.15) is 5.10 Å². The average molecular weight is 361 g/mol. The second kappa shape index (κ2) is 6.91. The first-order valence-corrected chi connectivity index (χ1v) is 9.18. The normalized spacial score (nSPS) is 13.4. The number of aryl methyl sites for hydroxylation is 2. The predicted octanol–water partition coefficient (Wildman–Crippen LogP) is 4.06. The number of nitrogens with one attached hydrogen (secondary N) is 1. The number of carbonyl (C=O) groups is 1. The highest BCUT2D eigenvalue weighted by molar-refractivity contribution is 5.94. The lowest BCUT2D eigenvalue weighted by molar-refractivity contribution is 0.0943. The zero-order valence-electron chi connectivity index (χ0n) is 15.8. The maximum absolute atomic E-state index is 12.8. The van der Waals surface area contributed by atoms with Gasteiger partial charge >= 0.3 is 0 Å². The fourth-order valence-electron chi connectivity index (χ4n) is 2.99. The van der Waals surface area contributed by atoms with Gasteiger partial charge in [0.1, 0.15) is 11.4 Å². The van der Waals surface area contributed by atoms with Crippen LogP contribution in [0.15, 0.2) is 48.5 Å². The molecule has 1 amide bonds. The number of amides is 1. The van der Waals surface area contributed by atoms with Crippen molar-refractivity contribution >= 4 is 5.91 Å². The second-order valence-corrected chi connectivity index (χ2v) is 7.07. The summed E-state index contributed by atoms with van der Waals surface area (Å²) in [6.07, 6.45) is 2.10. The SMILES string of the molecule is COc1ccc(-n2nc(-c3ccc(C)c(C)c3)cc2C(=O)NC2CC2)cc1. The van der Waals surface area contributed by atoms with Gasteiger partial charge in [0.05, 0.1) is 18.5 Å². The summed E-state index contributed by atoms with van der Waals surface area (Å²) in [6, 6.07) is 16.0. The van der Waals surface area contributed by atoms with Crippen molar-refractivity contribution in [3.63, 3.8) is 0 Å². The van der Waals surface area contributed by atoms with E-state index in [1.165, 1.54) is 11.1 Å². The number of methoxy groups -OCH3 is 1. The van der Waals surface area contributed by atoms with Crippen molar-refractivity contribution in [1.29, 1.82) is 0 Å². The minimum absolute atomic E-state index is 0.0871. The molecule has 1 saturated carbocycles. The van der Waals surface area contributed by atoms with Gasteiger partial charge in [-0.3, -0.25) is 4.79 Å². The monoisotopic (exact) mass is 361 g/mol. The zero-order chi connectivity index (χ0) is 19.0. The van der Waals surface area contributed by atoms with Crippen LogP contribution < -0.4 is 10.1 Å². The molecule has 1 aromatic heterocycles. The van der Waals surface area contributed by atoms with Gasteiger partial charge in [-0.05, 0) is 74.2 Å². The van der Waals surface area contributed by atoms with Crippen molar-refractivity contribution in [3.8, 4) is 22.7 Å². The number of ether oxygens (including phenoxy) is 1. The number of benzene rings is 2. The molecule has 0 spiro atoms. The predicted molar refractivity (Wildman–Crippen MR) is 106 cm³/mol. The highest BCUT2D eigenvalue weighted by atomic mass is 16.5. The molecule has 1 aliphatic carbocycles. The molecule has 1 fully saturated rings. The van der Waals surface area contributed by atoms with E-state index in [9.17, 15) is 4.79 Å². The molecular formula is C22H23N3O2. The number of carbonyl (C=O) groups excluding carboxylic acids is 1. The van der Waals surface area contributed by atoms with Crippen LogP contribution in [0, 0.1) is 13.8 Å². The van der Waals surface area contributed by atoms with Crippen LogP contribution in [-0.2, 0) is 0 Å². The van der Waals surface area contributed by atoms with Crippen molar-refractivity contribution in [3.05, 3.63) is 65.4 Å². The Morgan fingerprint density at radius 1 is 1.07 bits per heavy atom. The smallest absolute Gasteiger partial charge is 0.270 e. The molecule has 4 rings (SSSR count). The van der Waals surface area contributed by atoms with E-state index in [1.807, 2.05) is 36.4 Å². The summed E-state index contributed by atoms with van der Waals surface area (Å²) in [5.41, 5.74) is 5.60. The third-order valence-electron chi connectivity index (χ3n) is 4.97. The van der Waals surface area contributed by atoms with Crippen molar-refractivity contribution in [1.82, 2.24) is 15.1 Å². The molecule has 0 saturated heterocycles. The first kappa shape index (κ1) is 17.3. The first-order chi connectivity index (χ1) is 13.0. The van der Waals surface area contributed by atoms with Crippen LogP contribution >= 0.6 is 0 Å². The summed E-state index contributed by atoms with van der Waals surface area (Å²) >= 11 is 0. The fraction of sp³-hybridized carbons (Fsp3) is 0.273. The number of hydrogen-bond acceptors (Lipinski definition) is 3. The highest BCUT2D eigenvalue weighted by Gasteiger charge is 2.26. The van der Waals surface area contributed by atoms with Gasteiger partial charge in [0.2, 0.25) is 0 Å². The standard InChI is InChI=1S/C22H23N3O2/c1-14-4-5-16(12-15(14)2)20-13-21(22(26)23-17-6-7-17)25(24-20)18-8-10-19(27-3)11-9-18/h4-5,8-13,17H,6-7H2,1-3H3,(H,23,26). The average Bonchev–Trinajstić information content (AvgIpc) is 3.38. The minimum Gasteiger partial charge on any atom is -0.497 e. The Kier molecular flexibility index (Phi) is 4.44. The zero-order valence-corrected chi connectivity index (χ0v) is 15.8. The molecule has 1 heterocycles. The third kappa shape index (κ3) is 3.58. The van der Waals surface area contributed by atoms with Gasteiger partial charge in [0.15, 0.2) is 0 Å². The summed E-state index contributed by atoms with van der Waals surface area (Å²) in [5.74, 6) is 0.681. The quantitative estimate of drug-likeness (QED) is 0.746. The maximum atomic E-state index is 12.8. The molecule has 2 aromatic carbocycles. The first-order valence-electron chi connectivity index (χ1n) is 9.18. The largest absolute Gasteiger partial charge is 0.497 e. The van der Waals surface area contributed by atoms with Crippen LogP contribution in [0.3, 0.4) is 0 Å². The molecule has 0 atom stereocenters. The Labute approximate surface area is 159 Å². The van der Waals surface area contributed by atoms with Crippen LogP contribution in [0.2, 0.25) is 0 Å². The Morgan fingerprint density at radius 2 is 1.81 bits per heavy atom. The van der Waals surface area contributed by atoms with Gasteiger partial charge in [-0.25, -0.2) is 4.68 Å². The van der Waals surface area contributed by atoms with Crippen molar-refractivity contribution in [2.24, 2.45) is 0 Å². The van der Waals surface area contributed by atoms with Gasteiger partial charge < -0.3 is 10.1 Å². The summed E-state index contributed by atoms with van der Waals surface area (Å²) in [6.45, 7) is 4.17. The van der Waals surface area contributed by atoms with Gasteiger partial charge in [-0.1, -0.05) is 12.1 Å². The van der Waals surface area contributed by atoms with E-state index in [4.69, 9.17) is 9.84 Å². The van der Waals surface area contributed by atoms with Gasteiger partial charge in [0.25, 0.3) is 5.91 Å². The lowest BCUT2D eigenvalue weighted by Crippen LogP contribution is -2.27. The molecular weight excluding hydrogens is 338 g/mol. The molecule has 138 valence electrons. The van der Waals surface area contributed by atoms with Crippen LogP contribution in [0.1, 0.15) is 34.5 Å². The minimum atomic E-state index is -0.0871. The van der Waals surface area contributed by atoms with Crippen LogP contribution in [0.4, 0.5) is 0 Å². The summed E-state index contributed by atoms with van der Waals surface area (Å²) < 4.78 is 6.94. The Morgan fingerprint density at radius 3 is 2.44 bits per heavy atom. The van der Waals surface area contributed by atoms with E-state index in [0.717, 1.165) is 35.5 Å². The van der Waals surface area contributed by atoms with Crippen LogP contribution in [-0.4, -0.2) is 28.8 Å². The van der Waals surface area contributed by atoms with Gasteiger partial charge in [0, 0.05) is 11.6 Å².